The summed E-state index contributed by atoms with van der Waals surface area (Å²) in [6.45, 7) is 0.664. The second-order valence-electron chi connectivity index (χ2n) is 3.60. The summed E-state index contributed by atoms with van der Waals surface area (Å²) < 4.78 is 24.6. The molecule has 1 atom stereocenters. The van der Waals surface area contributed by atoms with E-state index >= 15 is 0 Å². The van der Waals surface area contributed by atoms with E-state index in [1.54, 1.807) is 0 Å². The average molecular weight is 255 g/mol. The third kappa shape index (κ3) is 3.32. The Morgan fingerprint density at radius 3 is 2.73 bits per heavy atom. The molecule has 1 fully saturated rings. The molecule has 0 spiro atoms. The highest BCUT2D eigenvalue weighted by atomic mass is 35.5. The van der Waals surface area contributed by atoms with E-state index in [-0.39, 0.29) is 24.1 Å². The van der Waals surface area contributed by atoms with Gasteiger partial charge in [-0.1, -0.05) is 0 Å². The summed E-state index contributed by atoms with van der Waals surface area (Å²) in [5.41, 5.74) is 5.16. The Hall–Kier alpha value is -0.330. The predicted molar refractivity (Wildman–Crippen MR) is 58.0 cm³/mol. The van der Waals surface area contributed by atoms with Crippen molar-refractivity contribution < 1.29 is 13.2 Å². The molecule has 15 heavy (non-hydrogen) atoms. The minimum atomic E-state index is -3.31. The van der Waals surface area contributed by atoms with E-state index in [1.165, 1.54) is 4.31 Å². The Balaban J connectivity index is 2.67. The number of piperidine rings is 1. The fourth-order valence-corrected chi connectivity index (χ4v) is 3.51. The van der Waals surface area contributed by atoms with Gasteiger partial charge in [-0.05, 0) is 12.8 Å². The van der Waals surface area contributed by atoms with Crippen molar-refractivity contribution in [2.75, 3.05) is 24.7 Å². The lowest BCUT2D eigenvalue weighted by atomic mass is 9.99. The summed E-state index contributed by atoms with van der Waals surface area (Å²) in [6.07, 6.45) is 1.34. The van der Waals surface area contributed by atoms with Crippen LogP contribution in [0.25, 0.3) is 0 Å². The number of nitrogens with zero attached hydrogens (tertiary/aromatic N) is 1. The van der Waals surface area contributed by atoms with Gasteiger partial charge < -0.3 is 5.73 Å². The van der Waals surface area contributed by atoms with Gasteiger partial charge in [0.1, 0.15) is 0 Å². The number of nitrogens with two attached hydrogens (primary N) is 1. The van der Waals surface area contributed by atoms with Gasteiger partial charge in [-0.3, -0.25) is 4.79 Å². The molecule has 0 saturated carbocycles. The Morgan fingerprint density at radius 1 is 1.53 bits per heavy atom. The summed E-state index contributed by atoms with van der Waals surface area (Å²) in [4.78, 5) is 11.0. The van der Waals surface area contributed by atoms with E-state index in [2.05, 4.69) is 0 Å². The van der Waals surface area contributed by atoms with Crippen LogP contribution in [0.4, 0.5) is 0 Å². The molecule has 5 nitrogen and oxygen atoms in total. The Bertz CT molecular complexity index is 331. The van der Waals surface area contributed by atoms with Gasteiger partial charge in [0.15, 0.2) is 0 Å². The van der Waals surface area contributed by atoms with Crippen molar-refractivity contribution in [1.29, 1.82) is 0 Å². The fourth-order valence-electron chi connectivity index (χ4n) is 1.65. The first-order chi connectivity index (χ1) is 6.97. The first-order valence-electron chi connectivity index (χ1n) is 4.80. The molecule has 0 aromatic heterocycles. The number of rotatable bonds is 4. The van der Waals surface area contributed by atoms with Crippen LogP contribution in [0.3, 0.4) is 0 Å². The van der Waals surface area contributed by atoms with Crippen LogP contribution >= 0.6 is 11.6 Å². The maximum Gasteiger partial charge on any atom is 0.221 e. The molecule has 0 aromatic carbocycles. The maximum absolute atomic E-state index is 11.6. The zero-order chi connectivity index (χ0) is 11.5. The number of primary amides is 1. The number of halogens is 1. The number of hydrogen-bond donors (Lipinski definition) is 1. The number of hydrogen-bond acceptors (Lipinski definition) is 3. The van der Waals surface area contributed by atoms with Crippen molar-refractivity contribution in [2.24, 2.45) is 11.7 Å². The lowest BCUT2D eigenvalue weighted by Crippen LogP contribution is -2.45. The van der Waals surface area contributed by atoms with Crippen molar-refractivity contribution in [2.45, 2.75) is 12.8 Å². The lowest BCUT2D eigenvalue weighted by molar-refractivity contribution is -0.122. The smallest absolute Gasteiger partial charge is 0.221 e. The largest absolute Gasteiger partial charge is 0.369 e. The molecule has 1 saturated heterocycles. The van der Waals surface area contributed by atoms with Gasteiger partial charge in [-0.2, -0.15) is 0 Å². The molecule has 2 N–H and O–H groups in total. The molecule has 1 aliphatic heterocycles. The molecule has 7 heteroatoms. The monoisotopic (exact) mass is 254 g/mol. The Kier molecular flexibility index (Phi) is 4.36. The van der Waals surface area contributed by atoms with Crippen LogP contribution in [0.15, 0.2) is 0 Å². The van der Waals surface area contributed by atoms with Crippen LogP contribution in [0.1, 0.15) is 12.8 Å². The fraction of sp³-hybridized carbons (Fsp3) is 0.875. The normalized spacial score (nSPS) is 23.9. The highest BCUT2D eigenvalue weighted by Crippen LogP contribution is 2.19. The summed E-state index contributed by atoms with van der Waals surface area (Å²) in [7, 11) is -3.31. The van der Waals surface area contributed by atoms with Crippen molar-refractivity contribution >= 4 is 27.5 Å². The standard InChI is InChI=1S/C8H15ClN2O3S/c9-3-5-15(13,14)11-4-1-2-7(6-11)8(10)12/h7H,1-6H2,(H2,10,12). The van der Waals surface area contributed by atoms with Gasteiger partial charge in [0.05, 0.1) is 11.7 Å². The first-order valence-corrected chi connectivity index (χ1v) is 6.95. The van der Waals surface area contributed by atoms with Crippen molar-refractivity contribution in [3.05, 3.63) is 0 Å². The van der Waals surface area contributed by atoms with Crippen molar-refractivity contribution in [1.82, 2.24) is 4.31 Å². The van der Waals surface area contributed by atoms with Crippen LogP contribution < -0.4 is 5.73 Å². The molecule has 1 heterocycles. The molecule has 1 aliphatic rings. The van der Waals surface area contributed by atoms with Gasteiger partial charge >= 0.3 is 0 Å². The number of carbonyl (C=O) groups is 1. The predicted octanol–water partition coefficient (Wildman–Crippen LogP) is -0.248. The van der Waals surface area contributed by atoms with E-state index in [4.69, 9.17) is 17.3 Å². The summed E-state index contributed by atoms with van der Waals surface area (Å²) in [6, 6.07) is 0. The highest BCUT2D eigenvalue weighted by molar-refractivity contribution is 7.89. The molecule has 1 rings (SSSR count). The topological polar surface area (TPSA) is 80.5 Å². The van der Waals surface area contributed by atoms with Gasteiger partial charge in [0.2, 0.25) is 15.9 Å². The number of carbonyl (C=O) groups excluding carboxylic acids is 1. The lowest BCUT2D eigenvalue weighted by Gasteiger charge is -2.30. The van der Waals surface area contributed by atoms with Crippen LogP contribution in [0.5, 0.6) is 0 Å². The second kappa shape index (κ2) is 5.14. The molecule has 1 amide bonds. The summed E-state index contributed by atoms with van der Waals surface area (Å²) in [5.74, 6) is -0.801. The quantitative estimate of drug-likeness (QED) is 0.703. The van der Waals surface area contributed by atoms with Crippen LogP contribution in [0.2, 0.25) is 0 Å². The van der Waals surface area contributed by atoms with E-state index in [1.807, 2.05) is 0 Å². The first kappa shape index (κ1) is 12.7. The van der Waals surface area contributed by atoms with Crippen LogP contribution in [-0.2, 0) is 14.8 Å². The van der Waals surface area contributed by atoms with Crippen LogP contribution in [0, 0.1) is 5.92 Å². The average Bonchev–Trinajstić information content (AvgIpc) is 2.18. The van der Waals surface area contributed by atoms with E-state index in [0.29, 0.717) is 19.4 Å². The van der Waals surface area contributed by atoms with Crippen LogP contribution in [-0.4, -0.2) is 43.4 Å². The van der Waals surface area contributed by atoms with Gasteiger partial charge in [-0.25, -0.2) is 12.7 Å². The van der Waals surface area contributed by atoms with Gasteiger partial charge in [-0.15, -0.1) is 11.6 Å². The van der Waals surface area contributed by atoms with E-state index < -0.39 is 15.9 Å². The summed E-state index contributed by atoms with van der Waals surface area (Å²) in [5, 5.41) is 0. The SMILES string of the molecule is NC(=O)C1CCCN(S(=O)(=O)CCCl)C1. The van der Waals surface area contributed by atoms with Crippen molar-refractivity contribution in [3.63, 3.8) is 0 Å². The zero-order valence-electron chi connectivity index (χ0n) is 8.36. The Morgan fingerprint density at radius 2 is 2.20 bits per heavy atom. The second-order valence-corrected chi connectivity index (χ2v) is 6.07. The molecule has 0 bridgehead atoms. The van der Waals surface area contributed by atoms with E-state index in [9.17, 15) is 13.2 Å². The molecule has 0 aliphatic carbocycles. The molecule has 88 valence electrons. The van der Waals surface area contributed by atoms with Gasteiger partial charge in [0.25, 0.3) is 0 Å². The number of alkyl halides is 1. The minimum Gasteiger partial charge on any atom is -0.369 e. The Labute approximate surface area is 94.6 Å². The van der Waals surface area contributed by atoms with Crippen molar-refractivity contribution in [3.8, 4) is 0 Å². The third-order valence-corrected chi connectivity index (χ3v) is 4.77. The maximum atomic E-state index is 11.6. The van der Waals surface area contributed by atoms with Gasteiger partial charge in [0, 0.05) is 19.0 Å². The highest BCUT2D eigenvalue weighted by Gasteiger charge is 2.30. The number of amides is 1. The minimum absolute atomic E-state index is 0.0695. The molecule has 1 unspecified atom stereocenters. The molecule has 0 aromatic rings. The molecular weight excluding hydrogens is 240 g/mol. The molecule has 0 radical (unpaired) electrons. The third-order valence-electron chi connectivity index (χ3n) is 2.51. The van der Waals surface area contributed by atoms with E-state index in [0.717, 1.165) is 0 Å². The zero-order valence-corrected chi connectivity index (χ0v) is 9.93. The molecular formula is C8H15ClN2O3S. The summed E-state index contributed by atoms with van der Waals surface area (Å²) >= 11 is 5.41. The number of sulfonamides is 1.